The molecule has 0 aromatic heterocycles. The predicted molar refractivity (Wildman–Crippen MR) is 118 cm³/mol. The number of carbonyl (C=O) groups is 1. The van der Waals surface area contributed by atoms with Crippen LogP contribution in [0, 0.1) is 0 Å². The average molecular weight is 434 g/mol. The average Bonchev–Trinajstić information content (AvgIpc) is 3.34. The number of hydrogen-bond donors (Lipinski definition) is 0. The highest BCUT2D eigenvalue weighted by molar-refractivity contribution is 7.89. The first-order chi connectivity index (χ1) is 14.5. The third-order valence-corrected chi connectivity index (χ3v) is 9.20. The number of benzene rings is 1. The van der Waals surface area contributed by atoms with Gasteiger partial charge in [-0.1, -0.05) is 38.2 Å². The molecule has 2 aliphatic carbocycles. The van der Waals surface area contributed by atoms with E-state index < -0.39 is 10.0 Å². The van der Waals surface area contributed by atoms with Gasteiger partial charge in [0.15, 0.2) is 0 Å². The Balaban J connectivity index is 1.43. The molecular formula is C23H35N3O3S. The standard InChI is InChI=1S/C23H35N3O3S/c1-24(20-9-3-2-4-10-20)30(28,29)22-13-7-8-19(18-22)23(27)26-16-14-25(15-17-26)21-11-5-6-12-21/h7-8,13,18,20-21H,2-6,9-12,14-17H2,1H3. The number of carbonyl (C=O) groups excluding carboxylic acids is 1. The molecule has 0 bridgehead atoms. The van der Waals surface area contributed by atoms with Gasteiger partial charge in [0.25, 0.3) is 5.91 Å². The second kappa shape index (κ2) is 9.37. The molecule has 1 aromatic carbocycles. The van der Waals surface area contributed by atoms with E-state index in [0.29, 0.717) is 24.7 Å². The minimum atomic E-state index is -3.59. The molecule has 30 heavy (non-hydrogen) atoms. The van der Waals surface area contributed by atoms with Crippen molar-refractivity contribution in [1.82, 2.24) is 14.1 Å². The number of hydrogen-bond acceptors (Lipinski definition) is 4. The summed E-state index contributed by atoms with van der Waals surface area (Å²) < 4.78 is 27.9. The van der Waals surface area contributed by atoms with Crippen molar-refractivity contribution in [2.24, 2.45) is 0 Å². The molecule has 0 spiro atoms. The van der Waals surface area contributed by atoms with Crippen molar-refractivity contribution in [3.63, 3.8) is 0 Å². The van der Waals surface area contributed by atoms with E-state index in [4.69, 9.17) is 0 Å². The van der Waals surface area contributed by atoms with Crippen LogP contribution in [0.3, 0.4) is 0 Å². The molecule has 0 N–H and O–H groups in total. The number of amides is 1. The van der Waals surface area contributed by atoms with E-state index in [1.165, 1.54) is 36.4 Å². The minimum Gasteiger partial charge on any atom is -0.336 e. The van der Waals surface area contributed by atoms with Crippen molar-refractivity contribution < 1.29 is 13.2 Å². The van der Waals surface area contributed by atoms with Crippen LogP contribution in [0.5, 0.6) is 0 Å². The second-order valence-electron chi connectivity index (χ2n) is 9.11. The van der Waals surface area contributed by atoms with Gasteiger partial charge < -0.3 is 4.90 Å². The van der Waals surface area contributed by atoms with Crippen molar-refractivity contribution in [1.29, 1.82) is 0 Å². The molecule has 1 aliphatic heterocycles. The van der Waals surface area contributed by atoms with Crippen LogP contribution in [-0.2, 0) is 10.0 Å². The summed E-state index contributed by atoms with van der Waals surface area (Å²) in [6.45, 7) is 3.26. The summed E-state index contributed by atoms with van der Waals surface area (Å²) in [4.78, 5) is 17.7. The lowest BCUT2D eigenvalue weighted by Gasteiger charge is -2.38. The van der Waals surface area contributed by atoms with Gasteiger partial charge in [0, 0.05) is 50.9 Å². The zero-order valence-corrected chi connectivity index (χ0v) is 18.9. The number of piperazine rings is 1. The molecule has 0 unspecified atom stereocenters. The van der Waals surface area contributed by atoms with Gasteiger partial charge in [-0.25, -0.2) is 8.42 Å². The van der Waals surface area contributed by atoms with Gasteiger partial charge in [0.1, 0.15) is 0 Å². The Bertz CT molecular complexity index is 837. The van der Waals surface area contributed by atoms with E-state index >= 15 is 0 Å². The molecule has 1 amide bonds. The lowest BCUT2D eigenvalue weighted by Crippen LogP contribution is -2.51. The summed E-state index contributed by atoms with van der Waals surface area (Å²) in [6.07, 6.45) is 10.4. The molecular weight excluding hydrogens is 398 g/mol. The monoisotopic (exact) mass is 433 g/mol. The first kappa shape index (κ1) is 21.8. The maximum atomic E-state index is 13.2. The summed E-state index contributed by atoms with van der Waals surface area (Å²) in [5.41, 5.74) is 0.474. The Morgan fingerprint density at radius 1 is 0.933 bits per heavy atom. The Morgan fingerprint density at radius 3 is 2.23 bits per heavy atom. The normalized spacial score (nSPS) is 22.7. The predicted octanol–water partition coefficient (Wildman–Crippen LogP) is 3.34. The van der Waals surface area contributed by atoms with Crippen molar-refractivity contribution >= 4 is 15.9 Å². The molecule has 4 rings (SSSR count). The highest BCUT2D eigenvalue weighted by Gasteiger charge is 2.31. The van der Waals surface area contributed by atoms with E-state index in [9.17, 15) is 13.2 Å². The van der Waals surface area contributed by atoms with Crippen LogP contribution in [0.15, 0.2) is 29.2 Å². The molecule has 3 fully saturated rings. The van der Waals surface area contributed by atoms with Gasteiger partial charge in [0.2, 0.25) is 10.0 Å². The van der Waals surface area contributed by atoms with Crippen molar-refractivity contribution in [2.45, 2.75) is 74.8 Å². The molecule has 3 aliphatic rings. The fourth-order valence-electron chi connectivity index (χ4n) is 5.34. The Morgan fingerprint density at radius 2 is 1.57 bits per heavy atom. The van der Waals surface area contributed by atoms with E-state index in [-0.39, 0.29) is 16.8 Å². The molecule has 0 radical (unpaired) electrons. The molecule has 1 saturated heterocycles. The second-order valence-corrected chi connectivity index (χ2v) is 11.1. The minimum absolute atomic E-state index is 0.0570. The fraction of sp³-hybridized carbons (Fsp3) is 0.696. The van der Waals surface area contributed by atoms with Gasteiger partial charge in [0.05, 0.1) is 4.90 Å². The van der Waals surface area contributed by atoms with Crippen LogP contribution < -0.4 is 0 Å². The number of sulfonamides is 1. The lowest BCUT2D eigenvalue weighted by molar-refractivity contribution is 0.0573. The molecule has 1 aromatic rings. The van der Waals surface area contributed by atoms with Gasteiger partial charge >= 0.3 is 0 Å². The smallest absolute Gasteiger partial charge is 0.253 e. The molecule has 2 saturated carbocycles. The third kappa shape index (κ3) is 4.58. The van der Waals surface area contributed by atoms with Crippen molar-refractivity contribution in [3.05, 3.63) is 29.8 Å². The highest BCUT2D eigenvalue weighted by Crippen LogP contribution is 2.27. The zero-order valence-electron chi connectivity index (χ0n) is 18.1. The van der Waals surface area contributed by atoms with Crippen LogP contribution in [0.2, 0.25) is 0 Å². The largest absolute Gasteiger partial charge is 0.336 e. The zero-order chi connectivity index (χ0) is 21.1. The maximum Gasteiger partial charge on any atom is 0.253 e. The van der Waals surface area contributed by atoms with Crippen LogP contribution in [0.25, 0.3) is 0 Å². The molecule has 7 heteroatoms. The van der Waals surface area contributed by atoms with E-state index in [1.807, 2.05) is 4.90 Å². The van der Waals surface area contributed by atoms with E-state index in [0.717, 1.165) is 38.8 Å². The highest BCUT2D eigenvalue weighted by atomic mass is 32.2. The van der Waals surface area contributed by atoms with Gasteiger partial charge in [-0.05, 0) is 43.9 Å². The van der Waals surface area contributed by atoms with Crippen LogP contribution >= 0.6 is 0 Å². The Kier molecular flexibility index (Phi) is 6.80. The topological polar surface area (TPSA) is 60.9 Å². The summed E-state index contributed by atoms with van der Waals surface area (Å²) >= 11 is 0. The fourth-order valence-corrected chi connectivity index (χ4v) is 6.80. The Hall–Kier alpha value is -1.44. The molecule has 6 nitrogen and oxygen atoms in total. The molecule has 0 atom stereocenters. The summed E-state index contributed by atoms with van der Waals surface area (Å²) in [5, 5.41) is 0. The van der Waals surface area contributed by atoms with Crippen LogP contribution in [0.4, 0.5) is 0 Å². The SMILES string of the molecule is CN(C1CCCCC1)S(=O)(=O)c1cccc(C(=O)N2CCN(C3CCCC3)CC2)c1. The first-order valence-electron chi connectivity index (χ1n) is 11.6. The van der Waals surface area contributed by atoms with Gasteiger partial charge in [-0.3, -0.25) is 9.69 Å². The van der Waals surface area contributed by atoms with E-state index in [2.05, 4.69) is 4.90 Å². The summed E-state index contributed by atoms with van der Waals surface area (Å²) in [6, 6.07) is 7.37. The Labute approximate surface area is 181 Å². The van der Waals surface area contributed by atoms with Crippen molar-refractivity contribution in [3.8, 4) is 0 Å². The summed E-state index contributed by atoms with van der Waals surface area (Å²) in [7, 11) is -1.91. The van der Waals surface area contributed by atoms with Crippen LogP contribution in [-0.4, -0.2) is 73.7 Å². The summed E-state index contributed by atoms with van der Waals surface area (Å²) in [5.74, 6) is -0.0570. The molecule has 1 heterocycles. The maximum absolute atomic E-state index is 13.2. The van der Waals surface area contributed by atoms with Gasteiger partial charge in [-0.2, -0.15) is 4.31 Å². The quantitative estimate of drug-likeness (QED) is 0.715. The molecule has 166 valence electrons. The number of nitrogens with zero attached hydrogens (tertiary/aromatic N) is 3. The number of rotatable bonds is 5. The van der Waals surface area contributed by atoms with Gasteiger partial charge in [-0.15, -0.1) is 0 Å². The third-order valence-electron chi connectivity index (χ3n) is 7.29. The van der Waals surface area contributed by atoms with Crippen LogP contribution in [0.1, 0.15) is 68.1 Å². The van der Waals surface area contributed by atoms with E-state index in [1.54, 1.807) is 31.3 Å². The lowest BCUT2D eigenvalue weighted by atomic mass is 9.96. The van der Waals surface area contributed by atoms with Crippen molar-refractivity contribution in [2.75, 3.05) is 33.2 Å². The first-order valence-corrected chi connectivity index (χ1v) is 13.0.